The number of unbranched alkanes of at least 4 members (excludes halogenated alkanes) is 1. The third kappa shape index (κ3) is 5.31. The van der Waals surface area contributed by atoms with Crippen LogP contribution in [-0.4, -0.2) is 29.8 Å². The largest absolute Gasteiger partial charge is 0.418 e. The Hall–Kier alpha value is -2.36. The minimum atomic E-state index is -4.55. The molecule has 2 rings (SSSR count). The average molecular weight is 373 g/mol. The monoisotopic (exact) mass is 373 g/mol. The minimum absolute atomic E-state index is 0.209. The molecule has 1 aromatic heterocycles. The number of para-hydroxylation sites is 1. The second-order valence-electron chi connectivity index (χ2n) is 5.29. The Morgan fingerprint density at radius 3 is 2.64 bits per heavy atom. The third-order valence-electron chi connectivity index (χ3n) is 3.29. The van der Waals surface area contributed by atoms with Crippen molar-refractivity contribution in [3.8, 4) is 0 Å². The van der Waals surface area contributed by atoms with Crippen molar-refractivity contribution >= 4 is 33.3 Å². The summed E-state index contributed by atoms with van der Waals surface area (Å²) in [6.45, 7) is 2.88. The molecule has 0 aliphatic heterocycles. The van der Waals surface area contributed by atoms with Gasteiger partial charge in [-0.25, -0.2) is 4.79 Å². The first kappa shape index (κ1) is 19.0. The number of rotatable bonds is 6. The second-order valence-corrected chi connectivity index (χ2v) is 6.24. The summed E-state index contributed by atoms with van der Waals surface area (Å²) >= 11 is 1.15. The summed E-state index contributed by atoms with van der Waals surface area (Å²) in [6, 6.07) is 3.95. The number of amides is 2. The molecule has 0 saturated carbocycles. The summed E-state index contributed by atoms with van der Waals surface area (Å²) < 4.78 is 38.8. The number of carbonyl (C=O) groups excluding carboxylic acids is 1. The quantitative estimate of drug-likeness (QED) is 0.785. The van der Waals surface area contributed by atoms with E-state index in [4.69, 9.17) is 0 Å². The summed E-state index contributed by atoms with van der Waals surface area (Å²) in [6.07, 6.45) is -2.52. The zero-order chi connectivity index (χ0) is 18.4. The Morgan fingerprint density at radius 1 is 1.24 bits per heavy atom. The summed E-state index contributed by atoms with van der Waals surface area (Å²) in [5, 5.41) is 13.2. The van der Waals surface area contributed by atoms with Crippen molar-refractivity contribution < 1.29 is 18.0 Å². The van der Waals surface area contributed by atoms with Gasteiger partial charge in [-0.15, -0.1) is 10.2 Å². The van der Waals surface area contributed by atoms with Gasteiger partial charge >= 0.3 is 12.2 Å². The minimum Gasteiger partial charge on any atom is -0.350 e. The molecular formula is C15H18F3N5OS. The van der Waals surface area contributed by atoms with Crippen LogP contribution in [0.25, 0.3) is 0 Å². The summed E-state index contributed by atoms with van der Waals surface area (Å²) in [5.41, 5.74) is -1.24. The average Bonchev–Trinajstić information content (AvgIpc) is 3.00. The Bertz CT molecular complexity index is 719. The second kappa shape index (κ2) is 8.15. The zero-order valence-corrected chi connectivity index (χ0v) is 14.5. The van der Waals surface area contributed by atoms with E-state index in [1.54, 1.807) is 0 Å². The smallest absolute Gasteiger partial charge is 0.350 e. The van der Waals surface area contributed by atoms with Crippen LogP contribution in [0, 0.1) is 0 Å². The van der Waals surface area contributed by atoms with E-state index >= 15 is 0 Å². The third-order valence-corrected chi connectivity index (χ3v) is 4.24. The predicted octanol–water partition coefficient (Wildman–Crippen LogP) is 4.44. The molecule has 2 aromatic rings. The van der Waals surface area contributed by atoms with Crippen LogP contribution < -0.4 is 15.5 Å². The van der Waals surface area contributed by atoms with Gasteiger partial charge in [-0.3, -0.25) is 5.32 Å². The number of benzene rings is 1. The van der Waals surface area contributed by atoms with Crippen LogP contribution in [-0.2, 0) is 6.18 Å². The SMILES string of the molecule is CCCCN(C)c1nnc(NC(=O)Nc2ccccc2C(F)(F)F)s1. The van der Waals surface area contributed by atoms with Gasteiger partial charge in [-0.2, -0.15) is 13.2 Å². The molecule has 0 radical (unpaired) electrons. The van der Waals surface area contributed by atoms with E-state index in [-0.39, 0.29) is 10.8 Å². The van der Waals surface area contributed by atoms with Gasteiger partial charge in [0.05, 0.1) is 11.3 Å². The van der Waals surface area contributed by atoms with E-state index in [9.17, 15) is 18.0 Å². The first-order chi connectivity index (χ1) is 11.8. The maximum absolute atomic E-state index is 12.9. The van der Waals surface area contributed by atoms with Gasteiger partial charge in [0, 0.05) is 13.6 Å². The molecule has 6 nitrogen and oxygen atoms in total. The van der Waals surface area contributed by atoms with Crippen molar-refractivity contribution in [2.75, 3.05) is 29.1 Å². The molecule has 0 spiro atoms. The molecular weight excluding hydrogens is 355 g/mol. The molecule has 0 aliphatic carbocycles. The number of nitrogens with zero attached hydrogens (tertiary/aromatic N) is 3. The highest BCUT2D eigenvalue weighted by molar-refractivity contribution is 7.19. The number of hydrogen-bond donors (Lipinski definition) is 2. The van der Waals surface area contributed by atoms with Crippen LogP contribution in [0.15, 0.2) is 24.3 Å². The highest BCUT2D eigenvalue weighted by atomic mass is 32.1. The summed E-state index contributed by atoms with van der Waals surface area (Å²) in [5.74, 6) is 0. The van der Waals surface area contributed by atoms with Crippen LogP contribution in [0.3, 0.4) is 0 Å². The molecule has 10 heteroatoms. The van der Waals surface area contributed by atoms with Crippen molar-refractivity contribution in [3.05, 3.63) is 29.8 Å². The van der Waals surface area contributed by atoms with E-state index < -0.39 is 17.8 Å². The zero-order valence-electron chi connectivity index (χ0n) is 13.7. The molecule has 2 amide bonds. The molecule has 1 aromatic carbocycles. The maximum Gasteiger partial charge on any atom is 0.418 e. The first-order valence-corrected chi connectivity index (χ1v) is 8.41. The van der Waals surface area contributed by atoms with Crippen molar-refractivity contribution in [1.82, 2.24) is 10.2 Å². The fourth-order valence-corrected chi connectivity index (χ4v) is 2.73. The number of anilines is 3. The topological polar surface area (TPSA) is 70.2 Å². The molecule has 0 fully saturated rings. The van der Waals surface area contributed by atoms with Crippen LogP contribution in [0.2, 0.25) is 0 Å². The van der Waals surface area contributed by atoms with E-state index in [1.807, 2.05) is 11.9 Å². The van der Waals surface area contributed by atoms with E-state index in [1.165, 1.54) is 18.2 Å². The molecule has 0 bridgehead atoms. The standard InChI is InChI=1S/C15H18F3N5OS/c1-3-4-9-23(2)14-22-21-13(25-14)20-12(24)19-11-8-6-5-7-10(11)15(16,17)18/h5-8H,3-4,9H2,1-2H3,(H2,19,20,21,24). The summed E-state index contributed by atoms with van der Waals surface area (Å²) in [4.78, 5) is 13.9. The van der Waals surface area contributed by atoms with Gasteiger partial charge in [-0.05, 0) is 18.6 Å². The molecule has 0 unspecified atom stereocenters. The molecule has 0 atom stereocenters. The van der Waals surface area contributed by atoms with Crippen molar-refractivity contribution in [2.24, 2.45) is 0 Å². The van der Waals surface area contributed by atoms with Crippen molar-refractivity contribution in [2.45, 2.75) is 25.9 Å². The molecule has 25 heavy (non-hydrogen) atoms. The highest BCUT2D eigenvalue weighted by Gasteiger charge is 2.33. The van der Waals surface area contributed by atoms with Crippen molar-refractivity contribution in [1.29, 1.82) is 0 Å². The molecule has 136 valence electrons. The van der Waals surface area contributed by atoms with E-state index in [0.717, 1.165) is 36.8 Å². The number of carbonyl (C=O) groups is 1. The fraction of sp³-hybridized carbons (Fsp3) is 0.400. The lowest BCUT2D eigenvalue weighted by molar-refractivity contribution is -0.136. The lowest BCUT2D eigenvalue weighted by Crippen LogP contribution is -2.21. The Balaban J connectivity index is 2.01. The van der Waals surface area contributed by atoms with E-state index in [2.05, 4.69) is 27.8 Å². The first-order valence-electron chi connectivity index (χ1n) is 7.60. The Morgan fingerprint density at radius 2 is 1.96 bits per heavy atom. The molecule has 0 saturated heterocycles. The predicted molar refractivity (Wildman–Crippen MR) is 92.2 cm³/mol. The molecule has 0 aliphatic rings. The lowest BCUT2D eigenvalue weighted by Gasteiger charge is -2.14. The van der Waals surface area contributed by atoms with Crippen LogP contribution in [0.1, 0.15) is 25.3 Å². The maximum atomic E-state index is 12.9. The van der Waals surface area contributed by atoms with E-state index in [0.29, 0.717) is 5.13 Å². The van der Waals surface area contributed by atoms with Crippen LogP contribution in [0.4, 0.5) is 33.9 Å². The van der Waals surface area contributed by atoms with Crippen molar-refractivity contribution in [3.63, 3.8) is 0 Å². The number of aromatic nitrogens is 2. The summed E-state index contributed by atoms with van der Waals surface area (Å²) in [7, 11) is 1.86. The fourth-order valence-electron chi connectivity index (χ4n) is 2.00. The van der Waals surface area contributed by atoms with Gasteiger partial charge in [-0.1, -0.05) is 36.8 Å². The molecule has 2 N–H and O–H groups in total. The van der Waals surface area contributed by atoms with Gasteiger partial charge in [0.2, 0.25) is 10.3 Å². The van der Waals surface area contributed by atoms with Gasteiger partial charge < -0.3 is 10.2 Å². The van der Waals surface area contributed by atoms with Gasteiger partial charge in [0.15, 0.2) is 0 Å². The number of alkyl halides is 3. The van der Waals surface area contributed by atoms with Crippen LogP contribution >= 0.6 is 11.3 Å². The molecule has 1 heterocycles. The van der Waals surface area contributed by atoms with Crippen LogP contribution in [0.5, 0.6) is 0 Å². The number of nitrogens with one attached hydrogen (secondary N) is 2. The van der Waals surface area contributed by atoms with Gasteiger partial charge in [0.25, 0.3) is 0 Å². The lowest BCUT2D eigenvalue weighted by atomic mass is 10.1. The highest BCUT2D eigenvalue weighted by Crippen LogP contribution is 2.34. The normalized spacial score (nSPS) is 11.2. The Kier molecular flexibility index (Phi) is 6.18. The number of halogens is 3. The number of hydrogen-bond acceptors (Lipinski definition) is 5. The number of urea groups is 1. The Labute approximate surface area is 147 Å². The van der Waals surface area contributed by atoms with Gasteiger partial charge in [0.1, 0.15) is 0 Å².